The topological polar surface area (TPSA) is 68.5 Å². The summed E-state index contributed by atoms with van der Waals surface area (Å²) in [5.74, 6) is 0.753. The first-order valence-electron chi connectivity index (χ1n) is 7.03. The highest BCUT2D eigenvalue weighted by atomic mass is 19.1. The highest BCUT2D eigenvalue weighted by Crippen LogP contribution is 2.21. The number of aromatic nitrogens is 2. The molecular weight excluding hydrogens is 289 g/mol. The highest BCUT2D eigenvalue weighted by Gasteiger charge is 2.30. The number of hydrogen-bond acceptors (Lipinski definition) is 5. The molecule has 0 N–H and O–H groups in total. The lowest BCUT2D eigenvalue weighted by Gasteiger charge is -2.16. The van der Waals surface area contributed by atoms with Gasteiger partial charge in [-0.25, -0.2) is 14.4 Å². The van der Waals surface area contributed by atoms with E-state index in [1.54, 1.807) is 17.9 Å². The van der Waals surface area contributed by atoms with Gasteiger partial charge in [-0.05, 0) is 19.9 Å². The molecule has 7 heteroatoms. The van der Waals surface area contributed by atoms with Gasteiger partial charge in [0.2, 0.25) is 0 Å². The van der Waals surface area contributed by atoms with Gasteiger partial charge in [0.05, 0.1) is 24.5 Å². The molecule has 3 heterocycles. The molecular formula is C15H16FN3O3. The summed E-state index contributed by atoms with van der Waals surface area (Å²) in [6.45, 7) is 4.62. The summed E-state index contributed by atoms with van der Waals surface area (Å²) in [6, 6.07) is 1.87. The lowest BCUT2D eigenvalue weighted by atomic mass is 10.2. The van der Waals surface area contributed by atoms with Gasteiger partial charge in [0.1, 0.15) is 17.6 Å². The van der Waals surface area contributed by atoms with Crippen molar-refractivity contribution in [3.05, 3.63) is 41.4 Å². The number of rotatable bonds is 3. The Bertz CT molecular complexity index is 684. The maximum absolute atomic E-state index is 12.8. The quantitative estimate of drug-likeness (QED) is 0.869. The molecule has 0 bridgehead atoms. The van der Waals surface area contributed by atoms with Gasteiger partial charge in [0.15, 0.2) is 5.82 Å². The standard InChI is InChI=1S/C15H16FN3O3/c1-9-5-13(10(2)21-9)14(20)19-4-3-12(8-19)22-15-17-6-11(16)7-18-15/h5-7,12H,3-4,8H2,1-2H3. The van der Waals surface area contributed by atoms with Crippen LogP contribution in [-0.4, -0.2) is 40.0 Å². The van der Waals surface area contributed by atoms with Crippen LogP contribution >= 0.6 is 0 Å². The van der Waals surface area contributed by atoms with Crippen molar-refractivity contribution in [1.82, 2.24) is 14.9 Å². The molecule has 1 aliphatic rings. The molecule has 0 aliphatic carbocycles. The first kappa shape index (κ1) is 14.5. The Morgan fingerprint density at radius 2 is 2.14 bits per heavy atom. The second-order valence-electron chi connectivity index (χ2n) is 5.29. The molecule has 6 nitrogen and oxygen atoms in total. The van der Waals surface area contributed by atoms with Crippen molar-refractivity contribution in [2.75, 3.05) is 13.1 Å². The van der Waals surface area contributed by atoms with Gasteiger partial charge in [-0.1, -0.05) is 0 Å². The fourth-order valence-corrected chi connectivity index (χ4v) is 2.53. The fourth-order valence-electron chi connectivity index (χ4n) is 2.53. The highest BCUT2D eigenvalue weighted by molar-refractivity contribution is 5.95. The van der Waals surface area contributed by atoms with E-state index in [1.165, 1.54) is 0 Å². The zero-order valence-electron chi connectivity index (χ0n) is 12.4. The van der Waals surface area contributed by atoms with Crippen LogP contribution in [-0.2, 0) is 0 Å². The molecule has 3 rings (SSSR count). The van der Waals surface area contributed by atoms with Crippen LogP contribution in [0.25, 0.3) is 0 Å². The van der Waals surface area contributed by atoms with Crippen molar-refractivity contribution in [1.29, 1.82) is 0 Å². The molecule has 0 spiro atoms. The van der Waals surface area contributed by atoms with E-state index in [0.29, 0.717) is 36.6 Å². The minimum absolute atomic E-state index is 0.0690. The van der Waals surface area contributed by atoms with Crippen LogP contribution in [0.2, 0.25) is 0 Å². The zero-order valence-corrected chi connectivity index (χ0v) is 12.4. The Labute approximate surface area is 126 Å². The van der Waals surface area contributed by atoms with Gasteiger partial charge in [0, 0.05) is 13.0 Å². The van der Waals surface area contributed by atoms with Gasteiger partial charge in [-0.2, -0.15) is 0 Å². The summed E-state index contributed by atoms with van der Waals surface area (Å²) >= 11 is 0. The number of halogens is 1. The predicted octanol–water partition coefficient (Wildman–Crippen LogP) is 2.12. The molecule has 1 unspecified atom stereocenters. The van der Waals surface area contributed by atoms with Gasteiger partial charge < -0.3 is 14.1 Å². The number of hydrogen-bond donors (Lipinski definition) is 0. The molecule has 0 aromatic carbocycles. The van der Waals surface area contributed by atoms with Crippen molar-refractivity contribution < 1.29 is 18.3 Å². The van der Waals surface area contributed by atoms with E-state index in [-0.39, 0.29) is 18.0 Å². The molecule has 0 saturated carbocycles. The third kappa shape index (κ3) is 2.93. The summed E-state index contributed by atoms with van der Waals surface area (Å²) in [6.07, 6.45) is 2.60. The third-order valence-electron chi connectivity index (χ3n) is 3.57. The van der Waals surface area contributed by atoms with E-state index < -0.39 is 5.82 Å². The molecule has 1 fully saturated rings. The Morgan fingerprint density at radius 3 is 2.77 bits per heavy atom. The molecule has 1 aliphatic heterocycles. The van der Waals surface area contributed by atoms with Crippen LogP contribution in [0, 0.1) is 19.7 Å². The number of nitrogens with zero attached hydrogens (tertiary/aromatic N) is 3. The van der Waals surface area contributed by atoms with Crippen molar-refractivity contribution in [3.8, 4) is 6.01 Å². The average molecular weight is 305 g/mol. The minimum atomic E-state index is -0.513. The lowest BCUT2D eigenvalue weighted by molar-refractivity contribution is 0.0768. The summed E-state index contributed by atoms with van der Waals surface area (Å²) in [7, 11) is 0. The van der Waals surface area contributed by atoms with Gasteiger partial charge in [-0.3, -0.25) is 4.79 Å². The molecule has 2 aromatic rings. The smallest absolute Gasteiger partial charge is 0.316 e. The normalized spacial score (nSPS) is 17.8. The Balaban J connectivity index is 1.63. The third-order valence-corrected chi connectivity index (χ3v) is 3.57. The van der Waals surface area contributed by atoms with Crippen LogP contribution in [0.1, 0.15) is 28.3 Å². The van der Waals surface area contributed by atoms with E-state index in [1.807, 2.05) is 6.92 Å². The second-order valence-corrected chi connectivity index (χ2v) is 5.29. The first-order chi connectivity index (χ1) is 10.5. The van der Waals surface area contributed by atoms with Crippen LogP contribution in [0.3, 0.4) is 0 Å². The van der Waals surface area contributed by atoms with Crippen molar-refractivity contribution in [3.63, 3.8) is 0 Å². The predicted molar refractivity (Wildman–Crippen MR) is 75.1 cm³/mol. The second kappa shape index (κ2) is 5.75. The van der Waals surface area contributed by atoms with Gasteiger partial charge in [-0.15, -0.1) is 0 Å². The van der Waals surface area contributed by atoms with Crippen molar-refractivity contribution in [2.24, 2.45) is 0 Å². The zero-order chi connectivity index (χ0) is 15.7. The molecule has 116 valence electrons. The lowest BCUT2D eigenvalue weighted by Crippen LogP contribution is -2.31. The average Bonchev–Trinajstić information content (AvgIpc) is 3.07. The summed E-state index contributed by atoms with van der Waals surface area (Å²) in [5.41, 5.74) is 0.580. The number of likely N-dealkylation sites (tertiary alicyclic amines) is 1. The summed E-state index contributed by atoms with van der Waals surface area (Å²) < 4.78 is 23.7. The number of carbonyl (C=O) groups is 1. The molecule has 1 saturated heterocycles. The largest absolute Gasteiger partial charge is 0.466 e. The van der Waals surface area contributed by atoms with E-state index in [4.69, 9.17) is 9.15 Å². The summed E-state index contributed by atoms with van der Waals surface area (Å²) in [4.78, 5) is 21.7. The van der Waals surface area contributed by atoms with Crippen LogP contribution in [0.4, 0.5) is 4.39 Å². The molecule has 2 aromatic heterocycles. The van der Waals surface area contributed by atoms with E-state index in [0.717, 1.165) is 12.4 Å². The number of carbonyl (C=O) groups excluding carboxylic acids is 1. The van der Waals surface area contributed by atoms with Crippen LogP contribution in [0.5, 0.6) is 6.01 Å². The SMILES string of the molecule is Cc1cc(C(=O)N2CCC(Oc3ncc(F)cn3)C2)c(C)o1. The van der Waals surface area contributed by atoms with Gasteiger partial charge >= 0.3 is 6.01 Å². The number of aryl methyl sites for hydroxylation is 2. The number of amides is 1. The Morgan fingerprint density at radius 1 is 1.41 bits per heavy atom. The van der Waals surface area contributed by atoms with E-state index in [2.05, 4.69) is 9.97 Å². The van der Waals surface area contributed by atoms with E-state index in [9.17, 15) is 9.18 Å². The maximum atomic E-state index is 12.8. The Hall–Kier alpha value is -2.44. The van der Waals surface area contributed by atoms with Crippen LogP contribution in [0.15, 0.2) is 22.9 Å². The van der Waals surface area contributed by atoms with Crippen molar-refractivity contribution >= 4 is 5.91 Å². The molecule has 1 atom stereocenters. The van der Waals surface area contributed by atoms with Gasteiger partial charge in [0.25, 0.3) is 5.91 Å². The van der Waals surface area contributed by atoms with Crippen LogP contribution < -0.4 is 4.74 Å². The Kier molecular flexibility index (Phi) is 3.79. The molecule has 1 amide bonds. The molecule has 22 heavy (non-hydrogen) atoms. The first-order valence-corrected chi connectivity index (χ1v) is 7.03. The number of ether oxygens (including phenoxy) is 1. The monoisotopic (exact) mass is 305 g/mol. The fraction of sp³-hybridized carbons (Fsp3) is 0.400. The summed E-state index contributed by atoms with van der Waals surface area (Å²) in [5, 5.41) is 0. The minimum Gasteiger partial charge on any atom is -0.466 e. The molecule has 0 radical (unpaired) electrons. The van der Waals surface area contributed by atoms with Crippen molar-refractivity contribution in [2.45, 2.75) is 26.4 Å². The maximum Gasteiger partial charge on any atom is 0.316 e. The number of furan rings is 1. The van der Waals surface area contributed by atoms with E-state index >= 15 is 0 Å².